The SMILES string of the molecule is Cc1cc(CN2CCc3nc(-c4cncnc4)[nH]c(=O)c3C2)c(C)n1-c1ccccc1. The molecular formula is C24H24N6O. The van der Waals surface area contributed by atoms with Crippen molar-refractivity contribution in [3.63, 3.8) is 0 Å². The number of benzene rings is 1. The van der Waals surface area contributed by atoms with Crippen LogP contribution in [0.2, 0.25) is 0 Å². The van der Waals surface area contributed by atoms with Crippen LogP contribution in [-0.4, -0.2) is 35.9 Å². The Bertz CT molecular complexity index is 1280. The predicted molar refractivity (Wildman–Crippen MR) is 119 cm³/mol. The molecule has 0 unspecified atom stereocenters. The maximum Gasteiger partial charge on any atom is 0.255 e. The summed E-state index contributed by atoms with van der Waals surface area (Å²) in [5.41, 5.74) is 7.17. The molecule has 0 spiro atoms. The number of nitrogens with one attached hydrogen (secondary N) is 1. The van der Waals surface area contributed by atoms with Crippen molar-refractivity contribution in [2.45, 2.75) is 33.4 Å². The monoisotopic (exact) mass is 412 g/mol. The van der Waals surface area contributed by atoms with Crippen LogP contribution in [0.3, 0.4) is 0 Å². The Hall–Kier alpha value is -3.58. The number of hydrogen-bond acceptors (Lipinski definition) is 5. The van der Waals surface area contributed by atoms with Gasteiger partial charge < -0.3 is 9.55 Å². The third kappa shape index (κ3) is 3.68. The molecule has 1 aliphatic heterocycles. The number of aryl methyl sites for hydroxylation is 1. The third-order valence-electron chi connectivity index (χ3n) is 5.93. The molecule has 7 nitrogen and oxygen atoms in total. The molecule has 5 rings (SSSR count). The lowest BCUT2D eigenvalue weighted by Crippen LogP contribution is -2.35. The second kappa shape index (κ2) is 7.92. The lowest BCUT2D eigenvalue weighted by molar-refractivity contribution is 0.241. The zero-order valence-electron chi connectivity index (χ0n) is 17.7. The van der Waals surface area contributed by atoms with Gasteiger partial charge in [0.25, 0.3) is 5.56 Å². The van der Waals surface area contributed by atoms with E-state index in [4.69, 9.17) is 4.98 Å². The van der Waals surface area contributed by atoms with Gasteiger partial charge in [-0.05, 0) is 37.6 Å². The van der Waals surface area contributed by atoms with Crippen LogP contribution < -0.4 is 5.56 Å². The molecule has 7 heteroatoms. The van der Waals surface area contributed by atoms with Crippen molar-refractivity contribution in [2.75, 3.05) is 6.54 Å². The Balaban J connectivity index is 1.39. The topological polar surface area (TPSA) is 79.7 Å². The number of rotatable bonds is 4. The Kier molecular flexibility index (Phi) is 4.95. The molecule has 0 radical (unpaired) electrons. The van der Waals surface area contributed by atoms with Crippen molar-refractivity contribution in [3.05, 3.63) is 93.7 Å². The van der Waals surface area contributed by atoms with Gasteiger partial charge in [0.05, 0.1) is 16.8 Å². The number of aromatic amines is 1. The minimum Gasteiger partial charge on any atom is -0.318 e. The quantitative estimate of drug-likeness (QED) is 0.557. The van der Waals surface area contributed by atoms with Crippen molar-refractivity contribution < 1.29 is 0 Å². The molecule has 0 bridgehead atoms. The van der Waals surface area contributed by atoms with E-state index in [0.717, 1.165) is 36.3 Å². The van der Waals surface area contributed by atoms with Gasteiger partial charge in [-0.3, -0.25) is 9.69 Å². The van der Waals surface area contributed by atoms with Crippen molar-refractivity contribution >= 4 is 0 Å². The van der Waals surface area contributed by atoms with Gasteiger partial charge in [0.15, 0.2) is 0 Å². The highest BCUT2D eigenvalue weighted by Crippen LogP contribution is 2.24. The molecule has 1 aliphatic rings. The summed E-state index contributed by atoms with van der Waals surface area (Å²) in [5.74, 6) is 0.532. The van der Waals surface area contributed by atoms with Crippen molar-refractivity contribution in [3.8, 4) is 17.1 Å². The summed E-state index contributed by atoms with van der Waals surface area (Å²) in [7, 11) is 0. The lowest BCUT2D eigenvalue weighted by Gasteiger charge is -2.27. The van der Waals surface area contributed by atoms with E-state index >= 15 is 0 Å². The zero-order valence-corrected chi connectivity index (χ0v) is 17.7. The fraction of sp³-hybridized carbons (Fsp3) is 0.250. The van der Waals surface area contributed by atoms with Crippen LogP contribution in [0.25, 0.3) is 17.1 Å². The summed E-state index contributed by atoms with van der Waals surface area (Å²) in [6.07, 6.45) is 5.54. The van der Waals surface area contributed by atoms with Crippen molar-refractivity contribution in [1.29, 1.82) is 0 Å². The Labute approximate surface area is 180 Å². The maximum absolute atomic E-state index is 12.8. The van der Waals surface area contributed by atoms with Crippen LogP contribution in [0.15, 0.2) is 59.9 Å². The molecule has 0 fully saturated rings. The minimum absolute atomic E-state index is 0.0803. The van der Waals surface area contributed by atoms with Crippen LogP contribution in [0.5, 0.6) is 0 Å². The highest BCUT2D eigenvalue weighted by Gasteiger charge is 2.23. The summed E-state index contributed by atoms with van der Waals surface area (Å²) in [6.45, 7) is 6.56. The largest absolute Gasteiger partial charge is 0.318 e. The second-order valence-corrected chi connectivity index (χ2v) is 7.99. The fourth-order valence-electron chi connectivity index (χ4n) is 4.38. The molecule has 156 valence electrons. The molecule has 4 heterocycles. The Morgan fingerprint density at radius 1 is 1.10 bits per heavy atom. The maximum atomic E-state index is 12.8. The molecule has 0 aliphatic carbocycles. The molecular weight excluding hydrogens is 388 g/mol. The van der Waals surface area contributed by atoms with Gasteiger partial charge in [0, 0.05) is 55.5 Å². The number of para-hydroxylation sites is 1. The van der Waals surface area contributed by atoms with Crippen molar-refractivity contribution in [2.24, 2.45) is 0 Å². The molecule has 0 amide bonds. The summed E-state index contributed by atoms with van der Waals surface area (Å²) in [5, 5.41) is 0. The molecule has 0 atom stereocenters. The number of nitrogens with zero attached hydrogens (tertiary/aromatic N) is 5. The van der Waals surface area contributed by atoms with Crippen molar-refractivity contribution in [1.82, 2.24) is 29.4 Å². The summed E-state index contributed by atoms with van der Waals surface area (Å²) in [6, 6.07) is 12.7. The van der Waals surface area contributed by atoms with Gasteiger partial charge in [-0.15, -0.1) is 0 Å². The van der Waals surface area contributed by atoms with E-state index in [1.807, 2.05) is 6.07 Å². The summed E-state index contributed by atoms with van der Waals surface area (Å²) >= 11 is 0. The lowest BCUT2D eigenvalue weighted by atomic mass is 10.1. The molecule has 1 N–H and O–H groups in total. The highest BCUT2D eigenvalue weighted by atomic mass is 16.1. The fourth-order valence-corrected chi connectivity index (χ4v) is 4.38. The van der Waals surface area contributed by atoms with Crippen LogP contribution in [0.1, 0.15) is 28.2 Å². The van der Waals surface area contributed by atoms with Gasteiger partial charge in [0.1, 0.15) is 12.2 Å². The van der Waals surface area contributed by atoms with Crippen LogP contribution >= 0.6 is 0 Å². The zero-order chi connectivity index (χ0) is 21.4. The molecule has 0 saturated carbocycles. The van der Waals surface area contributed by atoms with E-state index in [9.17, 15) is 4.79 Å². The molecule has 3 aromatic heterocycles. The van der Waals surface area contributed by atoms with Gasteiger partial charge in [-0.25, -0.2) is 15.0 Å². The first kappa shape index (κ1) is 19.4. The van der Waals surface area contributed by atoms with Crippen LogP contribution in [-0.2, 0) is 19.5 Å². The summed E-state index contributed by atoms with van der Waals surface area (Å²) in [4.78, 5) is 30.8. The van der Waals surface area contributed by atoms with Gasteiger partial charge in [0.2, 0.25) is 0 Å². The average molecular weight is 412 g/mol. The van der Waals surface area contributed by atoms with Gasteiger partial charge in [-0.1, -0.05) is 18.2 Å². The first-order chi connectivity index (χ1) is 15.1. The third-order valence-corrected chi connectivity index (χ3v) is 5.93. The second-order valence-electron chi connectivity index (χ2n) is 7.99. The van der Waals surface area contributed by atoms with Crippen LogP contribution in [0, 0.1) is 13.8 Å². The number of fused-ring (bicyclic) bond motifs is 1. The first-order valence-corrected chi connectivity index (χ1v) is 10.4. The Morgan fingerprint density at radius 3 is 2.65 bits per heavy atom. The molecule has 31 heavy (non-hydrogen) atoms. The smallest absolute Gasteiger partial charge is 0.255 e. The average Bonchev–Trinajstić information content (AvgIpc) is 3.08. The Morgan fingerprint density at radius 2 is 1.87 bits per heavy atom. The van der Waals surface area contributed by atoms with Gasteiger partial charge in [-0.2, -0.15) is 0 Å². The number of aromatic nitrogens is 5. The highest BCUT2D eigenvalue weighted by molar-refractivity contribution is 5.52. The van der Waals surface area contributed by atoms with Gasteiger partial charge >= 0.3 is 0 Å². The first-order valence-electron chi connectivity index (χ1n) is 10.4. The van der Waals surface area contributed by atoms with E-state index in [-0.39, 0.29) is 5.56 Å². The van der Waals surface area contributed by atoms with E-state index in [1.54, 1.807) is 12.4 Å². The standard InChI is InChI=1S/C24H24N6O/c1-16-10-18(17(2)30(16)20-6-4-3-5-7-20)13-29-9-8-22-21(14-29)24(31)28-23(27-22)19-11-25-15-26-12-19/h3-7,10-12,15H,8-9,13-14H2,1-2H3,(H,27,28,31). The molecule has 4 aromatic rings. The van der Waals surface area contributed by atoms with E-state index in [2.05, 4.69) is 68.6 Å². The van der Waals surface area contributed by atoms with E-state index in [0.29, 0.717) is 12.4 Å². The van der Waals surface area contributed by atoms with E-state index < -0.39 is 0 Å². The number of H-pyrrole nitrogens is 1. The summed E-state index contributed by atoms with van der Waals surface area (Å²) < 4.78 is 2.29. The van der Waals surface area contributed by atoms with Crippen LogP contribution in [0.4, 0.5) is 0 Å². The normalized spacial score (nSPS) is 13.9. The van der Waals surface area contributed by atoms with E-state index in [1.165, 1.54) is 29.0 Å². The molecule has 1 aromatic carbocycles. The number of hydrogen-bond donors (Lipinski definition) is 1. The minimum atomic E-state index is -0.0803. The predicted octanol–water partition coefficient (Wildman–Crippen LogP) is 3.19. The molecule has 0 saturated heterocycles.